The van der Waals surface area contributed by atoms with Crippen LogP contribution in [0.1, 0.15) is 60.3 Å². The highest BCUT2D eigenvalue weighted by Crippen LogP contribution is 2.38. The fraction of sp³-hybridized carbons (Fsp3) is 0.300. The largest absolute Gasteiger partial charge is 0.508 e. The highest BCUT2D eigenvalue weighted by molar-refractivity contribution is 5.99. The second-order valence-corrected chi connectivity index (χ2v) is 9.49. The van der Waals surface area contributed by atoms with Crippen LogP contribution < -0.4 is 0 Å². The first kappa shape index (κ1) is 22.4. The Balaban J connectivity index is 1.55. The fourth-order valence-corrected chi connectivity index (χ4v) is 5.18. The summed E-state index contributed by atoms with van der Waals surface area (Å²) in [7, 11) is 0. The van der Waals surface area contributed by atoms with E-state index in [1.165, 1.54) is 31.4 Å². The minimum atomic E-state index is -0.810. The monoisotopic (exact) mass is 453 g/mol. The van der Waals surface area contributed by atoms with Gasteiger partial charge < -0.3 is 10.2 Å². The SMILES string of the molecule is O=C(O)CC/C(=C(\c1ccc(O)cc1)c1ccc(C2CCN(C3CC3)C2)cc1)c1ccccc1. The third kappa shape index (κ3) is 5.07. The van der Waals surface area contributed by atoms with Gasteiger partial charge in [-0.05, 0) is 83.7 Å². The van der Waals surface area contributed by atoms with Gasteiger partial charge in [0.15, 0.2) is 0 Å². The van der Waals surface area contributed by atoms with Gasteiger partial charge in [0, 0.05) is 19.0 Å². The number of carboxylic acid groups (broad SMARTS) is 1. The van der Waals surface area contributed by atoms with Crippen molar-refractivity contribution in [3.63, 3.8) is 0 Å². The summed E-state index contributed by atoms with van der Waals surface area (Å²) in [5.74, 6) is -0.0154. The molecule has 4 nitrogen and oxygen atoms in total. The third-order valence-electron chi connectivity index (χ3n) is 7.12. The molecule has 34 heavy (non-hydrogen) atoms. The number of carbonyl (C=O) groups is 1. The second kappa shape index (κ2) is 9.86. The quantitative estimate of drug-likeness (QED) is 0.401. The maximum absolute atomic E-state index is 11.5. The average Bonchev–Trinajstić information content (AvgIpc) is 3.59. The Morgan fingerprint density at radius 1 is 0.794 bits per heavy atom. The van der Waals surface area contributed by atoms with E-state index in [4.69, 9.17) is 0 Å². The molecule has 1 unspecified atom stereocenters. The third-order valence-corrected chi connectivity index (χ3v) is 7.12. The van der Waals surface area contributed by atoms with E-state index in [-0.39, 0.29) is 12.2 Å². The molecule has 1 aliphatic heterocycles. The summed E-state index contributed by atoms with van der Waals surface area (Å²) in [5, 5.41) is 19.3. The van der Waals surface area contributed by atoms with Crippen LogP contribution in [-0.2, 0) is 4.79 Å². The van der Waals surface area contributed by atoms with E-state index in [2.05, 4.69) is 29.2 Å². The minimum Gasteiger partial charge on any atom is -0.508 e. The number of rotatable bonds is 8. The molecule has 1 heterocycles. The molecule has 2 N–H and O–H groups in total. The van der Waals surface area contributed by atoms with E-state index < -0.39 is 5.97 Å². The molecule has 5 rings (SSSR count). The lowest BCUT2D eigenvalue weighted by Gasteiger charge is -2.19. The first-order valence-electron chi connectivity index (χ1n) is 12.2. The number of aromatic hydroxyl groups is 1. The highest BCUT2D eigenvalue weighted by Gasteiger charge is 2.34. The second-order valence-electron chi connectivity index (χ2n) is 9.49. The minimum absolute atomic E-state index is 0.0585. The summed E-state index contributed by atoms with van der Waals surface area (Å²) in [4.78, 5) is 14.1. The maximum Gasteiger partial charge on any atom is 0.303 e. The number of likely N-dealkylation sites (tertiary alicyclic amines) is 1. The number of nitrogens with zero attached hydrogens (tertiary/aromatic N) is 1. The van der Waals surface area contributed by atoms with Gasteiger partial charge in [-0.25, -0.2) is 0 Å². The Bertz CT molecular complexity index is 1160. The normalized spacial score (nSPS) is 19.1. The van der Waals surface area contributed by atoms with Crippen molar-refractivity contribution in [2.45, 2.75) is 44.1 Å². The van der Waals surface area contributed by atoms with Crippen molar-refractivity contribution in [2.75, 3.05) is 13.1 Å². The summed E-state index contributed by atoms with van der Waals surface area (Å²) in [6, 6.07) is 26.9. The molecule has 0 aromatic heterocycles. The molecule has 0 spiro atoms. The Labute approximate surface area is 201 Å². The molecular formula is C30H31NO3. The van der Waals surface area contributed by atoms with Gasteiger partial charge in [0.25, 0.3) is 0 Å². The van der Waals surface area contributed by atoms with E-state index in [0.717, 1.165) is 40.4 Å². The van der Waals surface area contributed by atoms with Crippen LogP contribution in [0.3, 0.4) is 0 Å². The molecule has 0 bridgehead atoms. The van der Waals surface area contributed by atoms with E-state index in [1.54, 1.807) is 12.1 Å². The predicted octanol–water partition coefficient (Wildman–Crippen LogP) is 6.17. The molecule has 3 aromatic carbocycles. The Morgan fingerprint density at radius 3 is 2.06 bits per heavy atom. The number of carboxylic acids is 1. The smallest absolute Gasteiger partial charge is 0.303 e. The lowest BCUT2D eigenvalue weighted by atomic mass is 9.86. The molecule has 4 heteroatoms. The molecular weight excluding hydrogens is 422 g/mol. The average molecular weight is 454 g/mol. The number of phenols is 1. The molecule has 1 aliphatic carbocycles. The van der Waals surface area contributed by atoms with Gasteiger partial charge in [0.2, 0.25) is 0 Å². The van der Waals surface area contributed by atoms with Gasteiger partial charge in [0.05, 0.1) is 0 Å². The number of allylic oxidation sites excluding steroid dienone is 1. The molecule has 2 aliphatic rings. The van der Waals surface area contributed by atoms with Gasteiger partial charge >= 0.3 is 5.97 Å². The van der Waals surface area contributed by atoms with Gasteiger partial charge in [-0.3, -0.25) is 9.69 Å². The number of hydrogen-bond acceptors (Lipinski definition) is 3. The standard InChI is InChI=1S/C30H31NO3/c32-27-14-10-24(11-15-27)30(28(16-17-29(33)34)22-4-2-1-3-5-22)23-8-6-21(7-9-23)25-18-19-31(20-25)26-12-13-26/h1-11,14-15,25-26,32H,12-13,16-20H2,(H,33,34)/b30-28+. The predicted molar refractivity (Wildman–Crippen MR) is 136 cm³/mol. The number of hydrogen-bond donors (Lipinski definition) is 2. The molecule has 0 amide bonds. The number of phenolic OH excluding ortho intramolecular Hbond substituents is 1. The van der Waals surface area contributed by atoms with Crippen molar-refractivity contribution in [1.29, 1.82) is 0 Å². The molecule has 1 atom stereocenters. The van der Waals surface area contributed by atoms with Crippen molar-refractivity contribution in [2.24, 2.45) is 0 Å². The number of benzene rings is 3. The van der Waals surface area contributed by atoms with Crippen molar-refractivity contribution in [1.82, 2.24) is 4.90 Å². The van der Waals surface area contributed by atoms with Crippen LogP contribution in [0.5, 0.6) is 5.75 Å². The van der Waals surface area contributed by atoms with E-state index in [1.807, 2.05) is 42.5 Å². The van der Waals surface area contributed by atoms with Crippen LogP contribution in [0.15, 0.2) is 78.9 Å². The van der Waals surface area contributed by atoms with Crippen LogP contribution in [-0.4, -0.2) is 40.2 Å². The van der Waals surface area contributed by atoms with Gasteiger partial charge in [0.1, 0.15) is 5.75 Å². The van der Waals surface area contributed by atoms with Crippen LogP contribution in [0.4, 0.5) is 0 Å². The van der Waals surface area contributed by atoms with Crippen molar-refractivity contribution >= 4 is 17.1 Å². The fourth-order valence-electron chi connectivity index (χ4n) is 5.18. The van der Waals surface area contributed by atoms with Gasteiger partial charge in [-0.15, -0.1) is 0 Å². The Kier molecular flexibility index (Phi) is 6.50. The zero-order chi connectivity index (χ0) is 23.5. The van der Waals surface area contributed by atoms with Gasteiger partial charge in [-0.2, -0.15) is 0 Å². The first-order valence-corrected chi connectivity index (χ1v) is 12.2. The summed E-state index contributed by atoms with van der Waals surface area (Å²) in [6.45, 7) is 2.35. The molecule has 2 fully saturated rings. The number of aliphatic carboxylic acids is 1. The van der Waals surface area contributed by atoms with Crippen molar-refractivity contribution in [3.05, 3.63) is 101 Å². The summed E-state index contributed by atoms with van der Waals surface area (Å²) < 4.78 is 0. The lowest BCUT2D eigenvalue weighted by molar-refractivity contribution is -0.136. The molecule has 0 radical (unpaired) electrons. The molecule has 3 aromatic rings. The van der Waals surface area contributed by atoms with Crippen molar-refractivity contribution in [3.8, 4) is 5.75 Å². The van der Waals surface area contributed by atoms with E-state index >= 15 is 0 Å². The zero-order valence-electron chi connectivity index (χ0n) is 19.4. The maximum atomic E-state index is 11.5. The van der Waals surface area contributed by atoms with Gasteiger partial charge in [-0.1, -0.05) is 66.7 Å². The van der Waals surface area contributed by atoms with Crippen LogP contribution in [0.25, 0.3) is 11.1 Å². The lowest BCUT2D eigenvalue weighted by Crippen LogP contribution is -2.22. The molecule has 174 valence electrons. The zero-order valence-corrected chi connectivity index (χ0v) is 19.4. The highest BCUT2D eigenvalue weighted by atomic mass is 16.4. The Morgan fingerprint density at radius 2 is 1.44 bits per heavy atom. The summed E-state index contributed by atoms with van der Waals surface area (Å²) in [5.41, 5.74) is 6.45. The Hall–Kier alpha value is -3.37. The van der Waals surface area contributed by atoms with Crippen LogP contribution in [0.2, 0.25) is 0 Å². The van der Waals surface area contributed by atoms with Crippen LogP contribution in [0, 0.1) is 0 Å². The summed E-state index contributed by atoms with van der Waals surface area (Å²) in [6.07, 6.45) is 4.40. The first-order chi connectivity index (χ1) is 16.6. The van der Waals surface area contributed by atoms with Crippen molar-refractivity contribution < 1.29 is 15.0 Å². The summed E-state index contributed by atoms with van der Waals surface area (Å²) >= 11 is 0. The topological polar surface area (TPSA) is 60.8 Å². The van der Waals surface area contributed by atoms with E-state index in [9.17, 15) is 15.0 Å². The molecule has 1 saturated carbocycles. The van der Waals surface area contributed by atoms with Crippen LogP contribution >= 0.6 is 0 Å². The molecule has 1 saturated heterocycles. The van der Waals surface area contributed by atoms with E-state index in [0.29, 0.717) is 12.3 Å².